The zero-order valence-corrected chi connectivity index (χ0v) is 11.0. The van der Waals surface area contributed by atoms with Crippen molar-refractivity contribution in [3.8, 4) is 0 Å². The maximum atomic E-state index is 12.0. The summed E-state index contributed by atoms with van der Waals surface area (Å²) >= 11 is 0. The van der Waals surface area contributed by atoms with E-state index in [2.05, 4.69) is 5.32 Å². The molecule has 7 heteroatoms. The number of nitrogens with one attached hydrogen (secondary N) is 1. The molecule has 0 radical (unpaired) electrons. The fraction of sp³-hybridized carbons (Fsp3) is 0.833. The lowest BCUT2D eigenvalue weighted by atomic mass is 10.2. The molecule has 0 saturated carbocycles. The second-order valence-electron chi connectivity index (χ2n) is 4.92. The van der Waals surface area contributed by atoms with Gasteiger partial charge >= 0.3 is 12.0 Å². The monoisotopic (exact) mass is 272 g/mol. The molecule has 2 aliphatic heterocycles. The van der Waals surface area contributed by atoms with Gasteiger partial charge in [-0.05, 0) is 12.8 Å². The number of carboxylic acid groups (broad SMARTS) is 1. The molecule has 3 atom stereocenters. The van der Waals surface area contributed by atoms with Crippen LogP contribution in [0.4, 0.5) is 4.79 Å². The molecule has 0 spiro atoms. The Morgan fingerprint density at radius 2 is 2.32 bits per heavy atom. The van der Waals surface area contributed by atoms with E-state index in [9.17, 15) is 9.59 Å². The molecule has 3 unspecified atom stereocenters. The number of ether oxygens (including phenoxy) is 2. The first-order valence-corrected chi connectivity index (χ1v) is 6.53. The smallest absolute Gasteiger partial charge is 0.326 e. The van der Waals surface area contributed by atoms with E-state index in [4.69, 9.17) is 14.6 Å². The van der Waals surface area contributed by atoms with Crippen LogP contribution in [0.3, 0.4) is 0 Å². The topological polar surface area (TPSA) is 88.1 Å². The first-order valence-electron chi connectivity index (χ1n) is 6.53. The summed E-state index contributed by atoms with van der Waals surface area (Å²) in [6.45, 7) is 1.47. The van der Waals surface area contributed by atoms with Gasteiger partial charge in [0, 0.05) is 33.2 Å². The Balaban J connectivity index is 1.87. The van der Waals surface area contributed by atoms with E-state index >= 15 is 0 Å². The zero-order valence-electron chi connectivity index (χ0n) is 11.0. The largest absolute Gasteiger partial charge is 0.480 e. The molecule has 0 aromatic carbocycles. The summed E-state index contributed by atoms with van der Waals surface area (Å²) in [6, 6.07) is -1.17. The molecule has 0 aromatic heterocycles. The fourth-order valence-corrected chi connectivity index (χ4v) is 2.53. The highest BCUT2D eigenvalue weighted by Crippen LogP contribution is 2.20. The molecule has 2 amide bonds. The van der Waals surface area contributed by atoms with Crippen molar-refractivity contribution in [1.82, 2.24) is 10.2 Å². The van der Waals surface area contributed by atoms with Crippen LogP contribution in [0.15, 0.2) is 0 Å². The third-order valence-electron chi connectivity index (χ3n) is 3.65. The van der Waals surface area contributed by atoms with Crippen molar-refractivity contribution < 1.29 is 24.2 Å². The number of urea groups is 1. The fourth-order valence-electron chi connectivity index (χ4n) is 2.53. The minimum absolute atomic E-state index is 0.0491. The Morgan fingerprint density at radius 3 is 2.89 bits per heavy atom. The lowest BCUT2D eigenvalue weighted by Crippen LogP contribution is -2.47. The van der Waals surface area contributed by atoms with Crippen LogP contribution in [0, 0.1) is 0 Å². The molecule has 2 aliphatic rings. The number of carboxylic acids is 1. The lowest BCUT2D eigenvalue weighted by molar-refractivity contribution is -0.141. The highest BCUT2D eigenvalue weighted by atomic mass is 16.5. The number of hydrogen-bond acceptors (Lipinski definition) is 4. The Bertz CT molecular complexity index is 343. The predicted octanol–water partition coefficient (Wildman–Crippen LogP) is 0.0489. The Labute approximate surface area is 111 Å². The maximum absolute atomic E-state index is 12.0. The number of amides is 2. The lowest BCUT2D eigenvalue weighted by Gasteiger charge is -2.22. The van der Waals surface area contributed by atoms with Crippen molar-refractivity contribution in [3.63, 3.8) is 0 Å². The quantitative estimate of drug-likeness (QED) is 0.755. The van der Waals surface area contributed by atoms with Crippen LogP contribution in [0.5, 0.6) is 0 Å². The number of hydrogen-bond donors (Lipinski definition) is 2. The molecule has 108 valence electrons. The third-order valence-corrected chi connectivity index (χ3v) is 3.65. The van der Waals surface area contributed by atoms with Gasteiger partial charge in [0.05, 0.1) is 12.2 Å². The molecule has 2 saturated heterocycles. The average molecular weight is 272 g/mol. The van der Waals surface area contributed by atoms with Crippen molar-refractivity contribution in [1.29, 1.82) is 0 Å². The zero-order chi connectivity index (χ0) is 13.8. The third kappa shape index (κ3) is 3.36. The molecule has 2 rings (SSSR count). The summed E-state index contributed by atoms with van der Waals surface area (Å²) in [5.41, 5.74) is 0. The first kappa shape index (κ1) is 14.1. The number of rotatable bonds is 4. The van der Waals surface area contributed by atoms with E-state index in [-0.39, 0.29) is 18.2 Å². The van der Waals surface area contributed by atoms with Crippen molar-refractivity contribution in [2.24, 2.45) is 0 Å². The van der Waals surface area contributed by atoms with E-state index < -0.39 is 12.0 Å². The van der Waals surface area contributed by atoms with Gasteiger partial charge in [0.25, 0.3) is 0 Å². The molecule has 0 bridgehead atoms. The van der Waals surface area contributed by atoms with Gasteiger partial charge in [-0.15, -0.1) is 0 Å². The molecular weight excluding hydrogens is 252 g/mol. The van der Waals surface area contributed by atoms with Gasteiger partial charge < -0.3 is 24.8 Å². The van der Waals surface area contributed by atoms with Gasteiger partial charge in [0.1, 0.15) is 6.04 Å². The number of nitrogens with zero attached hydrogens (tertiary/aromatic N) is 1. The van der Waals surface area contributed by atoms with Crippen molar-refractivity contribution in [3.05, 3.63) is 0 Å². The number of methoxy groups -OCH3 is 1. The van der Waals surface area contributed by atoms with Crippen molar-refractivity contribution >= 4 is 12.0 Å². The second-order valence-corrected chi connectivity index (χ2v) is 4.92. The number of carbonyl (C=O) groups excluding carboxylic acids is 1. The van der Waals surface area contributed by atoms with Crippen LogP contribution in [-0.2, 0) is 14.3 Å². The van der Waals surface area contributed by atoms with Crippen LogP contribution < -0.4 is 5.32 Å². The van der Waals surface area contributed by atoms with Gasteiger partial charge in [0.2, 0.25) is 0 Å². The number of aliphatic carboxylic acids is 1. The minimum Gasteiger partial charge on any atom is -0.480 e. The van der Waals surface area contributed by atoms with Crippen LogP contribution in [0.25, 0.3) is 0 Å². The van der Waals surface area contributed by atoms with Crippen LogP contribution >= 0.6 is 0 Å². The van der Waals surface area contributed by atoms with E-state index in [0.717, 1.165) is 19.4 Å². The van der Waals surface area contributed by atoms with Gasteiger partial charge in [-0.1, -0.05) is 0 Å². The van der Waals surface area contributed by atoms with Gasteiger partial charge in [0.15, 0.2) is 0 Å². The molecule has 2 N–H and O–H groups in total. The predicted molar refractivity (Wildman–Crippen MR) is 65.9 cm³/mol. The first-order chi connectivity index (χ1) is 9.11. The summed E-state index contributed by atoms with van der Waals surface area (Å²) in [6.07, 6.45) is 2.11. The van der Waals surface area contributed by atoms with Crippen LogP contribution in [0.2, 0.25) is 0 Å². The van der Waals surface area contributed by atoms with Crippen LogP contribution in [-0.4, -0.2) is 67.1 Å². The summed E-state index contributed by atoms with van der Waals surface area (Å²) in [7, 11) is 1.53. The minimum atomic E-state index is -0.994. The number of carbonyl (C=O) groups is 2. The highest BCUT2D eigenvalue weighted by molar-refractivity contribution is 5.83. The molecule has 2 fully saturated rings. The summed E-state index contributed by atoms with van der Waals surface area (Å²) in [5, 5.41) is 11.9. The summed E-state index contributed by atoms with van der Waals surface area (Å²) < 4.78 is 10.5. The van der Waals surface area contributed by atoms with E-state index in [1.54, 1.807) is 0 Å². The van der Waals surface area contributed by atoms with Crippen molar-refractivity contribution in [2.75, 3.05) is 26.8 Å². The van der Waals surface area contributed by atoms with E-state index in [0.29, 0.717) is 19.5 Å². The Hall–Kier alpha value is -1.34. The Morgan fingerprint density at radius 1 is 1.53 bits per heavy atom. The van der Waals surface area contributed by atoms with Crippen molar-refractivity contribution in [2.45, 2.75) is 37.5 Å². The van der Waals surface area contributed by atoms with Crippen LogP contribution in [0.1, 0.15) is 19.3 Å². The average Bonchev–Trinajstić information content (AvgIpc) is 3.04. The van der Waals surface area contributed by atoms with Gasteiger partial charge in [-0.3, -0.25) is 0 Å². The number of likely N-dealkylation sites (tertiary alicyclic amines) is 1. The molecule has 0 aliphatic carbocycles. The molecular formula is C12H20N2O5. The molecule has 7 nitrogen and oxygen atoms in total. The molecule has 19 heavy (non-hydrogen) atoms. The molecule has 2 heterocycles. The van der Waals surface area contributed by atoms with Gasteiger partial charge in [-0.2, -0.15) is 0 Å². The highest BCUT2D eigenvalue weighted by Gasteiger charge is 2.39. The summed E-state index contributed by atoms with van der Waals surface area (Å²) in [4.78, 5) is 24.5. The molecule has 0 aromatic rings. The summed E-state index contributed by atoms with van der Waals surface area (Å²) in [5.74, 6) is -0.994. The normalized spacial score (nSPS) is 30.6. The standard InChI is InChI=1S/C12H20N2O5/c1-18-9-5-10(11(15)16)14(7-9)12(17)13-6-8-3-2-4-19-8/h8-10H,2-7H2,1H3,(H,13,17)(H,15,16). The maximum Gasteiger partial charge on any atom is 0.326 e. The Kier molecular flexibility index (Phi) is 4.60. The van der Waals surface area contributed by atoms with Gasteiger partial charge in [-0.25, -0.2) is 9.59 Å². The van der Waals surface area contributed by atoms with E-state index in [1.807, 2.05) is 0 Å². The van der Waals surface area contributed by atoms with E-state index in [1.165, 1.54) is 12.0 Å². The SMILES string of the molecule is COC1CC(C(=O)O)N(C(=O)NCC2CCCO2)C1. The second kappa shape index (κ2) is 6.21.